The van der Waals surface area contributed by atoms with Gasteiger partial charge in [-0.1, -0.05) is 6.92 Å². The minimum Gasteiger partial charge on any atom is -0.330 e. The molecule has 0 unspecified atom stereocenters. The van der Waals surface area contributed by atoms with Gasteiger partial charge in [-0.2, -0.15) is 0 Å². The summed E-state index contributed by atoms with van der Waals surface area (Å²) in [5.74, 6) is -0.0165. The lowest BCUT2D eigenvalue weighted by atomic mass is 10.2. The van der Waals surface area contributed by atoms with Gasteiger partial charge in [-0.15, -0.1) is 0 Å². The van der Waals surface area contributed by atoms with Crippen LogP contribution in [-0.2, 0) is 14.6 Å². The van der Waals surface area contributed by atoms with Crippen LogP contribution in [0.4, 0.5) is 5.69 Å². The van der Waals surface area contributed by atoms with Crippen LogP contribution in [0.1, 0.15) is 26.2 Å². The van der Waals surface area contributed by atoms with Gasteiger partial charge in [0, 0.05) is 12.1 Å². The van der Waals surface area contributed by atoms with E-state index < -0.39 is 9.84 Å². The number of anilines is 1. The summed E-state index contributed by atoms with van der Waals surface area (Å²) in [7, 11) is -3.19. The fraction of sp³-hybridized carbons (Fsp3) is 0.462. The highest BCUT2D eigenvalue weighted by atomic mass is 32.2. The van der Waals surface area contributed by atoms with Crippen molar-refractivity contribution in [2.45, 2.75) is 31.1 Å². The predicted molar refractivity (Wildman–Crippen MR) is 75.7 cm³/mol. The van der Waals surface area contributed by atoms with E-state index in [4.69, 9.17) is 5.73 Å². The first-order chi connectivity index (χ1) is 8.99. The maximum Gasteiger partial charge on any atom is 0.224 e. The minimum absolute atomic E-state index is 0.0673. The zero-order valence-corrected chi connectivity index (χ0v) is 11.9. The van der Waals surface area contributed by atoms with Crippen molar-refractivity contribution in [2.75, 3.05) is 17.6 Å². The molecule has 1 aromatic rings. The summed E-state index contributed by atoms with van der Waals surface area (Å²) in [5, 5.41) is 2.72. The molecule has 0 atom stereocenters. The van der Waals surface area contributed by atoms with E-state index >= 15 is 0 Å². The lowest BCUT2D eigenvalue weighted by molar-refractivity contribution is -0.116. The van der Waals surface area contributed by atoms with Gasteiger partial charge < -0.3 is 11.1 Å². The lowest BCUT2D eigenvalue weighted by Crippen LogP contribution is -2.12. The standard InChI is InChI=1S/C13H20N2O3S/c1-2-19(17,18)12-8-6-11(7-9-12)15-13(16)5-3-4-10-14/h6-9H,2-5,10,14H2,1H3,(H,15,16). The number of amides is 1. The third kappa shape index (κ3) is 5.00. The number of nitrogens with two attached hydrogens (primary N) is 1. The zero-order chi connectivity index (χ0) is 14.3. The summed E-state index contributed by atoms with van der Waals surface area (Å²) in [4.78, 5) is 11.8. The molecule has 0 saturated heterocycles. The molecule has 0 bridgehead atoms. The number of sulfone groups is 1. The van der Waals surface area contributed by atoms with Gasteiger partial charge in [0.2, 0.25) is 5.91 Å². The van der Waals surface area contributed by atoms with Crippen LogP contribution in [0.5, 0.6) is 0 Å². The second-order valence-electron chi connectivity index (χ2n) is 4.22. The molecule has 0 radical (unpaired) electrons. The van der Waals surface area contributed by atoms with Gasteiger partial charge in [-0.25, -0.2) is 8.42 Å². The molecule has 19 heavy (non-hydrogen) atoms. The van der Waals surface area contributed by atoms with Crippen LogP contribution < -0.4 is 11.1 Å². The third-order valence-electron chi connectivity index (χ3n) is 2.74. The lowest BCUT2D eigenvalue weighted by Gasteiger charge is -2.06. The molecule has 1 amide bonds. The average molecular weight is 284 g/mol. The fourth-order valence-electron chi connectivity index (χ4n) is 1.57. The quantitative estimate of drug-likeness (QED) is 0.743. The number of benzene rings is 1. The van der Waals surface area contributed by atoms with Crippen molar-refractivity contribution in [1.29, 1.82) is 0 Å². The van der Waals surface area contributed by atoms with Gasteiger partial charge in [0.1, 0.15) is 0 Å². The van der Waals surface area contributed by atoms with E-state index in [9.17, 15) is 13.2 Å². The minimum atomic E-state index is -3.19. The topological polar surface area (TPSA) is 89.3 Å². The molecular formula is C13H20N2O3S. The summed E-state index contributed by atoms with van der Waals surface area (Å²) in [5.41, 5.74) is 5.95. The molecule has 0 aliphatic heterocycles. The van der Waals surface area contributed by atoms with Crippen LogP contribution in [0.25, 0.3) is 0 Å². The summed E-state index contributed by atoms with van der Waals surface area (Å²) in [6, 6.07) is 6.22. The second-order valence-corrected chi connectivity index (χ2v) is 6.50. The highest BCUT2D eigenvalue weighted by Gasteiger charge is 2.11. The number of unbranched alkanes of at least 4 members (excludes halogenated alkanes) is 1. The van der Waals surface area contributed by atoms with Crippen molar-refractivity contribution >= 4 is 21.4 Å². The Hall–Kier alpha value is -1.40. The Bertz CT molecular complexity index is 509. The number of carbonyl (C=O) groups is 1. The Kier molecular flexibility index (Phi) is 5.98. The SMILES string of the molecule is CCS(=O)(=O)c1ccc(NC(=O)CCCCN)cc1. The molecule has 1 aromatic carbocycles. The number of hydrogen-bond acceptors (Lipinski definition) is 4. The number of rotatable bonds is 7. The van der Waals surface area contributed by atoms with Crippen LogP contribution in [-0.4, -0.2) is 26.6 Å². The summed E-state index contributed by atoms with van der Waals surface area (Å²) < 4.78 is 23.2. The maximum absolute atomic E-state index is 11.6. The Balaban J connectivity index is 2.60. The van der Waals surface area contributed by atoms with Gasteiger partial charge in [0.05, 0.1) is 10.6 Å². The molecule has 0 fully saturated rings. The Morgan fingerprint density at radius 2 is 1.84 bits per heavy atom. The molecule has 5 nitrogen and oxygen atoms in total. The van der Waals surface area contributed by atoms with Crippen molar-refractivity contribution in [2.24, 2.45) is 5.73 Å². The predicted octanol–water partition coefficient (Wildman–Crippen LogP) is 1.55. The molecule has 106 valence electrons. The van der Waals surface area contributed by atoms with E-state index in [2.05, 4.69) is 5.32 Å². The van der Waals surface area contributed by atoms with Crippen molar-refractivity contribution in [1.82, 2.24) is 0 Å². The molecule has 0 aliphatic rings. The van der Waals surface area contributed by atoms with Gasteiger partial charge in [0.25, 0.3) is 0 Å². The van der Waals surface area contributed by atoms with E-state index in [0.717, 1.165) is 12.8 Å². The molecule has 0 heterocycles. The van der Waals surface area contributed by atoms with Gasteiger partial charge >= 0.3 is 0 Å². The van der Waals surface area contributed by atoms with Crippen LogP contribution in [0.15, 0.2) is 29.2 Å². The van der Waals surface area contributed by atoms with Crippen LogP contribution in [0.3, 0.4) is 0 Å². The van der Waals surface area contributed by atoms with Crippen LogP contribution >= 0.6 is 0 Å². The number of hydrogen-bond donors (Lipinski definition) is 2. The fourth-order valence-corrected chi connectivity index (χ4v) is 2.45. The monoisotopic (exact) mass is 284 g/mol. The normalized spacial score (nSPS) is 11.3. The zero-order valence-electron chi connectivity index (χ0n) is 11.1. The first-order valence-corrected chi connectivity index (χ1v) is 7.97. The molecule has 3 N–H and O–H groups in total. The third-order valence-corrected chi connectivity index (χ3v) is 4.49. The van der Waals surface area contributed by atoms with Gasteiger partial charge in [0.15, 0.2) is 9.84 Å². The van der Waals surface area contributed by atoms with Gasteiger partial charge in [-0.3, -0.25) is 4.79 Å². The van der Waals surface area contributed by atoms with E-state index in [1.165, 1.54) is 12.1 Å². The molecule has 1 rings (SSSR count). The second kappa shape index (κ2) is 7.25. The number of carbonyl (C=O) groups excluding carboxylic acids is 1. The van der Waals surface area contributed by atoms with E-state index in [1.54, 1.807) is 19.1 Å². The first kappa shape index (κ1) is 15.7. The maximum atomic E-state index is 11.6. The first-order valence-electron chi connectivity index (χ1n) is 6.32. The van der Waals surface area contributed by atoms with Crippen molar-refractivity contribution in [3.63, 3.8) is 0 Å². The molecule has 0 aromatic heterocycles. The highest BCUT2D eigenvalue weighted by Crippen LogP contribution is 2.15. The van der Waals surface area contributed by atoms with E-state index in [1.807, 2.05) is 0 Å². The van der Waals surface area contributed by atoms with Crippen LogP contribution in [0, 0.1) is 0 Å². The van der Waals surface area contributed by atoms with E-state index in [-0.39, 0.29) is 16.6 Å². The Labute approximate surface area is 114 Å². The highest BCUT2D eigenvalue weighted by molar-refractivity contribution is 7.91. The molecule has 0 saturated carbocycles. The van der Waals surface area contributed by atoms with Crippen molar-refractivity contribution in [3.05, 3.63) is 24.3 Å². The Morgan fingerprint density at radius 1 is 1.21 bits per heavy atom. The Morgan fingerprint density at radius 3 is 2.37 bits per heavy atom. The van der Waals surface area contributed by atoms with Crippen LogP contribution in [0.2, 0.25) is 0 Å². The average Bonchev–Trinajstić information content (AvgIpc) is 2.39. The molecule has 0 spiro atoms. The van der Waals surface area contributed by atoms with Crippen molar-refractivity contribution < 1.29 is 13.2 Å². The molecule has 0 aliphatic carbocycles. The summed E-state index contributed by atoms with van der Waals surface area (Å²) >= 11 is 0. The van der Waals surface area contributed by atoms with Gasteiger partial charge in [-0.05, 0) is 43.7 Å². The van der Waals surface area contributed by atoms with E-state index in [0.29, 0.717) is 18.7 Å². The largest absolute Gasteiger partial charge is 0.330 e. The number of nitrogens with one attached hydrogen (secondary N) is 1. The molecular weight excluding hydrogens is 264 g/mol. The smallest absolute Gasteiger partial charge is 0.224 e. The summed E-state index contributed by atoms with van der Waals surface area (Å²) in [6.45, 7) is 2.18. The van der Waals surface area contributed by atoms with Crippen molar-refractivity contribution in [3.8, 4) is 0 Å². The summed E-state index contributed by atoms with van der Waals surface area (Å²) in [6.07, 6.45) is 2.00. The molecule has 6 heteroatoms.